The van der Waals surface area contributed by atoms with E-state index in [0.717, 1.165) is 13.0 Å². The lowest BCUT2D eigenvalue weighted by atomic mass is 10.1. The van der Waals surface area contributed by atoms with Crippen molar-refractivity contribution in [3.8, 4) is 0 Å². The van der Waals surface area contributed by atoms with Crippen LogP contribution in [0.5, 0.6) is 0 Å². The first-order valence-electron chi connectivity index (χ1n) is 2.23. The quantitative estimate of drug-likeness (QED) is 0.487. The third-order valence-electron chi connectivity index (χ3n) is 1.11. The van der Waals surface area contributed by atoms with Crippen molar-refractivity contribution in [3.05, 3.63) is 0 Å². The van der Waals surface area contributed by atoms with Crippen LogP contribution in [0.25, 0.3) is 0 Å². The highest BCUT2D eigenvalue weighted by atomic mass is 19.1. The molecule has 1 saturated heterocycles. The molecule has 0 radical (unpaired) electrons. The predicted molar refractivity (Wildman–Crippen MR) is 22.4 cm³/mol. The summed E-state index contributed by atoms with van der Waals surface area (Å²) in [5.41, 5.74) is 0. The third kappa shape index (κ3) is 0.522. The fourth-order valence-electron chi connectivity index (χ4n) is 0.480. The largest absolute Gasteiger partial charge is 0.311 e. The maximum Gasteiger partial charge on any atom is 0.105 e. The molecule has 0 aromatic heterocycles. The molecule has 0 bridgehead atoms. The Labute approximate surface area is 36.5 Å². The molecule has 0 aliphatic carbocycles. The van der Waals surface area contributed by atoms with E-state index in [4.69, 9.17) is 0 Å². The van der Waals surface area contributed by atoms with Crippen LogP contribution < -0.4 is 5.32 Å². The molecule has 1 heterocycles. The third-order valence-corrected chi connectivity index (χ3v) is 1.11. The van der Waals surface area contributed by atoms with Crippen LogP contribution in [0.15, 0.2) is 0 Å². The van der Waals surface area contributed by atoms with Gasteiger partial charge in [-0.1, -0.05) is 0 Å². The zero-order valence-electron chi connectivity index (χ0n) is 3.58. The van der Waals surface area contributed by atoms with Gasteiger partial charge in [-0.3, -0.25) is 0 Å². The number of hydrogen-bond acceptors (Lipinski definition) is 1. The van der Waals surface area contributed by atoms with Gasteiger partial charge in [0.15, 0.2) is 0 Å². The number of rotatable bonds is 1. The highest BCUT2D eigenvalue weighted by Crippen LogP contribution is 2.00. The van der Waals surface area contributed by atoms with E-state index in [1.54, 1.807) is 0 Å². The highest BCUT2D eigenvalue weighted by Gasteiger charge is 2.14. The van der Waals surface area contributed by atoms with E-state index < -0.39 is 0 Å². The molecule has 0 amide bonds. The number of alkyl halides is 1. The topological polar surface area (TPSA) is 12.0 Å². The number of nitrogens with one attached hydrogen (secondary N) is 1. The lowest BCUT2D eigenvalue weighted by Gasteiger charge is -2.23. The zero-order valence-corrected chi connectivity index (χ0v) is 3.58. The van der Waals surface area contributed by atoms with Crippen molar-refractivity contribution in [2.75, 3.05) is 13.2 Å². The molecule has 1 aliphatic heterocycles. The van der Waals surface area contributed by atoms with E-state index in [0.29, 0.717) is 0 Å². The summed E-state index contributed by atoms with van der Waals surface area (Å²) in [7, 11) is 0. The van der Waals surface area contributed by atoms with E-state index >= 15 is 0 Å². The Balaban J connectivity index is 2.01. The summed E-state index contributed by atoms with van der Waals surface area (Å²) >= 11 is 0. The SMILES string of the molecule is FCC1CCN1. The second kappa shape index (κ2) is 1.56. The molecule has 1 unspecified atom stereocenters. The summed E-state index contributed by atoms with van der Waals surface area (Å²) < 4.78 is 11.4. The highest BCUT2D eigenvalue weighted by molar-refractivity contribution is 4.75. The molecule has 1 rings (SSSR count). The molecule has 1 aliphatic rings. The van der Waals surface area contributed by atoms with Gasteiger partial charge in [-0.2, -0.15) is 0 Å². The first-order valence-corrected chi connectivity index (χ1v) is 2.23. The first-order chi connectivity index (χ1) is 2.93. The van der Waals surface area contributed by atoms with E-state index in [-0.39, 0.29) is 12.7 Å². The van der Waals surface area contributed by atoms with Gasteiger partial charge in [-0.15, -0.1) is 0 Å². The van der Waals surface area contributed by atoms with E-state index in [9.17, 15) is 4.39 Å². The van der Waals surface area contributed by atoms with Gasteiger partial charge in [-0.05, 0) is 13.0 Å². The van der Waals surface area contributed by atoms with Crippen LogP contribution in [0.2, 0.25) is 0 Å². The summed E-state index contributed by atoms with van der Waals surface area (Å²) in [4.78, 5) is 0. The molecule has 0 aromatic rings. The van der Waals surface area contributed by atoms with Crippen molar-refractivity contribution in [2.45, 2.75) is 12.5 Å². The van der Waals surface area contributed by atoms with Gasteiger partial charge < -0.3 is 5.32 Å². The summed E-state index contributed by atoms with van der Waals surface area (Å²) in [5, 5.41) is 2.92. The van der Waals surface area contributed by atoms with Crippen molar-refractivity contribution in [1.82, 2.24) is 5.32 Å². The molecule has 0 saturated carbocycles. The average molecular weight is 89.1 g/mol. The zero-order chi connectivity index (χ0) is 4.41. The monoisotopic (exact) mass is 89.1 g/mol. The predicted octanol–water partition coefficient (Wildman–Crippen LogP) is 0.318. The van der Waals surface area contributed by atoms with E-state index in [1.165, 1.54) is 0 Å². The van der Waals surface area contributed by atoms with Crippen molar-refractivity contribution >= 4 is 0 Å². The van der Waals surface area contributed by atoms with Crippen LogP contribution >= 0.6 is 0 Å². The average Bonchev–Trinajstić information content (AvgIpc) is 1.31. The lowest BCUT2D eigenvalue weighted by molar-refractivity contribution is 0.291. The minimum absolute atomic E-state index is 0.194. The van der Waals surface area contributed by atoms with Crippen molar-refractivity contribution < 1.29 is 4.39 Å². The maximum absolute atomic E-state index is 11.4. The first kappa shape index (κ1) is 4.06. The lowest BCUT2D eigenvalue weighted by Crippen LogP contribution is -2.44. The molecule has 1 atom stereocenters. The molecule has 0 spiro atoms. The van der Waals surface area contributed by atoms with Crippen LogP contribution in [-0.2, 0) is 0 Å². The number of halogens is 1. The Morgan fingerprint density at radius 1 is 1.83 bits per heavy atom. The fourth-order valence-corrected chi connectivity index (χ4v) is 0.480. The van der Waals surface area contributed by atoms with Gasteiger partial charge in [0.2, 0.25) is 0 Å². The van der Waals surface area contributed by atoms with Gasteiger partial charge >= 0.3 is 0 Å². The second-order valence-corrected chi connectivity index (χ2v) is 1.59. The van der Waals surface area contributed by atoms with Crippen LogP contribution in [-0.4, -0.2) is 19.3 Å². The Morgan fingerprint density at radius 2 is 2.50 bits per heavy atom. The minimum Gasteiger partial charge on any atom is -0.311 e. The smallest absolute Gasteiger partial charge is 0.105 e. The van der Waals surface area contributed by atoms with Crippen LogP contribution in [0.3, 0.4) is 0 Å². The van der Waals surface area contributed by atoms with Gasteiger partial charge in [0, 0.05) is 6.04 Å². The Hall–Kier alpha value is -0.110. The number of hydrogen-bond donors (Lipinski definition) is 1. The molecule has 6 heavy (non-hydrogen) atoms. The van der Waals surface area contributed by atoms with Gasteiger partial charge in [-0.25, -0.2) is 4.39 Å². The van der Waals surface area contributed by atoms with E-state index in [2.05, 4.69) is 5.32 Å². The molecule has 1 N–H and O–H groups in total. The summed E-state index contributed by atoms with van der Waals surface area (Å²) in [6, 6.07) is 0.199. The molecule has 1 nitrogen and oxygen atoms in total. The molecular weight excluding hydrogens is 81.0 g/mol. The van der Waals surface area contributed by atoms with Gasteiger partial charge in [0.05, 0.1) is 0 Å². The Morgan fingerprint density at radius 3 is 2.50 bits per heavy atom. The summed E-state index contributed by atoms with van der Waals surface area (Å²) in [5.74, 6) is 0. The van der Waals surface area contributed by atoms with Crippen LogP contribution in [0, 0.1) is 0 Å². The van der Waals surface area contributed by atoms with Crippen molar-refractivity contribution in [1.29, 1.82) is 0 Å². The van der Waals surface area contributed by atoms with Crippen molar-refractivity contribution in [2.24, 2.45) is 0 Å². The molecular formula is C4H8FN. The molecule has 0 aromatic carbocycles. The van der Waals surface area contributed by atoms with E-state index in [1.807, 2.05) is 0 Å². The van der Waals surface area contributed by atoms with Crippen LogP contribution in [0.4, 0.5) is 4.39 Å². The van der Waals surface area contributed by atoms with Crippen LogP contribution in [0.1, 0.15) is 6.42 Å². The summed E-state index contributed by atoms with van der Waals surface area (Å²) in [6.07, 6.45) is 1.02. The minimum atomic E-state index is -0.194. The molecule has 2 heteroatoms. The Kier molecular flexibility index (Phi) is 1.05. The standard InChI is InChI=1S/C4H8FN/c5-3-4-1-2-6-4/h4,6H,1-3H2. The normalized spacial score (nSPS) is 32.5. The maximum atomic E-state index is 11.4. The summed E-state index contributed by atoms with van der Waals surface area (Å²) in [6.45, 7) is 0.814. The van der Waals surface area contributed by atoms with Crippen molar-refractivity contribution in [3.63, 3.8) is 0 Å². The second-order valence-electron chi connectivity index (χ2n) is 1.59. The van der Waals surface area contributed by atoms with Gasteiger partial charge in [0.1, 0.15) is 6.67 Å². The molecule has 1 fully saturated rings. The molecule has 36 valence electrons. The Bertz CT molecular complexity index is 40.1. The van der Waals surface area contributed by atoms with Gasteiger partial charge in [0.25, 0.3) is 0 Å². The fraction of sp³-hybridized carbons (Fsp3) is 1.00.